The first-order valence-corrected chi connectivity index (χ1v) is 11.0. The quantitative estimate of drug-likeness (QED) is 0.407. The Balaban J connectivity index is 1.84. The van der Waals surface area contributed by atoms with Crippen molar-refractivity contribution in [3.05, 3.63) is 93.8 Å². The zero-order valence-electron chi connectivity index (χ0n) is 19.8. The van der Waals surface area contributed by atoms with Gasteiger partial charge in [0, 0.05) is 29.3 Å². The molecule has 0 bridgehead atoms. The average Bonchev–Trinajstić information content (AvgIpc) is 3.13. The van der Waals surface area contributed by atoms with Gasteiger partial charge in [-0.05, 0) is 57.2 Å². The molecular formula is C26H24F3N3O4. The number of nitrogens with zero attached hydrogens (tertiary/aromatic N) is 2. The van der Waals surface area contributed by atoms with E-state index in [0.29, 0.717) is 17.1 Å². The van der Waals surface area contributed by atoms with Gasteiger partial charge in [0.25, 0.3) is 5.56 Å². The lowest BCUT2D eigenvalue weighted by molar-refractivity contribution is 0.0539. The molecule has 7 nitrogen and oxygen atoms in total. The lowest BCUT2D eigenvalue weighted by atomic mass is 10.2. The van der Waals surface area contributed by atoms with Crippen LogP contribution < -0.4 is 16.0 Å². The molecule has 188 valence electrons. The summed E-state index contributed by atoms with van der Waals surface area (Å²) in [7, 11) is 0. The summed E-state index contributed by atoms with van der Waals surface area (Å²) in [5.41, 5.74) is 4.93. The molecule has 0 fully saturated rings. The third-order valence-corrected chi connectivity index (χ3v) is 5.26. The molecule has 2 aromatic heterocycles. The number of hydrogen-bond donors (Lipinski definition) is 1. The summed E-state index contributed by atoms with van der Waals surface area (Å²) in [5.74, 6) is -2.30. The lowest BCUT2D eigenvalue weighted by Gasteiger charge is -2.21. The summed E-state index contributed by atoms with van der Waals surface area (Å²) in [4.78, 5) is 25.8. The van der Waals surface area contributed by atoms with Crippen molar-refractivity contribution in [2.75, 3.05) is 5.73 Å². The van der Waals surface area contributed by atoms with Crippen molar-refractivity contribution in [2.45, 2.75) is 39.5 Å². The van der Waals surface area contributed by atoms with Gasteiger partial charge in [-0.15, -0.1) is 0 Å². The maximum atomic E-state index is 14.5. The highest BCUT2D eigenvalue weighted by molar-refractivity contribution is 5.95. The first kappa shape index (κ1) is 24.9. The molecule has 0 aliphatic carbocycles. The van der Waals surface area contributed by atoms with Crippen molar-refractivity contribution < 1.29 is 27.4 Å². The molecule has 4 aromatic rings. The van der Waals surface area contributed by atoms with Gasteiger partial charge in [0.2, 0.25) is 0 Å². The van der Waals surface area contributed by atoms with Crippen molar-refractivity contribution in [1.29, 1.82) is 0 Å². The third kappa shape index (κ3) is 5.22. The fourth-order valence-corrected chi connectivity index (χ4v) is 3.72. The van der Waals surface area contributed by atoms with E-state index in [-0.39, 0.29) is 35.7 Å². The maximum Gasteiger partial charge on any atom is 0.419 e. The SMILES string of the molecule is CC(C)(C)OC(=O)n1c(Cn2cccc(N)c2=O)cc2cc(F)cc(OCc3ccc(F)cc3F)c21. The Kier molecular flexibility index (Phi) is 6.53. The highest BCUT2D eigenvalue weighted by Gasteiger charge is 2.25. The van der Waals surface area contributed by atoms with Gasteiger partial charge in [-0.2, -0.15) is 0 Å². The number of nitrogens with two attached hydrogens (primary N) is 1. The van der Waals surface area contributed by atoms with Gasteiger partial charge in [0.15, 0.2) is 0 Å². The normalized spacial score (nSPS) is 11.6. The summed E-state index contributed by atoms with van der Waals surface area (Å²) in [6, 6.07) is 9.84. The Morgan fingerprint density at radius 3 is 2.47 bits per heavy atom. The van der Waals surface area contributed by atoms with Crippen LogP contribution in [0.4, 0.5) is 23.7 Å². The molecule has 2 N–H and O–H groups in total. The molecular weight excluding hydrogens is 475 g/mol. The van der Waals surface area contributed by atoms with Gasteiger partial charge >= 0.3 is 6.09 Å². The molecule has 2 aromatic carbocycles. The van der Waals surface area contributed by atoms with Gasteiger partial charge in [0.05, 0.1) is 17.9 Å². The van der Waals surface area contributed by atoms with Gasteiger partial charge in [0.1, 0.15) is 40.9 Å². The number of halogens is 3. The number of pyridine rings is 1. The van der Waals surface area contributed by atoms with E-state index in [1.54, 1.807) is 26.8 Å². The molecule has 36 heavy (non-hydrogen) atoms. The second kappa shape index (κ2) is 9.44. The minimum Gasteiger partial charge on any atom is -0.486 e. The van der Waals surface area contributed by atoms with Crippen LogP contribution in [0.1, 0.15) is 32.0 Å². The zero-order valence-corrected chi connectivity index (χ0v) is 19.8. The fourth-order valence-electron chi connectivity index (χ4n) is 3.72. The van der Waals surface area contributed by atoms with E-state index in [1.807, 2.05) is 0 Å². The number of carbonyl (C=O) groups is 1. The largest absolute Gasteiger partial charge is 0.486 e. The average molecular weight is 499 g/mol. The third-order valence-electron chi connectivity index (χ3n) is 5.26. The highest BCUT2D eigenvalue weighted by atomic mass is 19.1. The van der Waals surface area contributed by atoms with E-state index in [9.17, 15) is 22.8 Å². The molecule has 0 saturated heterocycles. The van der Waals surface area contributed by atoms with Crippen LogP contribution in [0.3, 0.4) is 0 Å². The summed E-state index contributed by atoms with van der Waals surface area (Å²) < 4.78 is 55.7. The molecule has 0 unspecified atom stereocenters. The second-order valence-electron chi connectivity index (χ2n) is 9.21. The predicted octanol–water partition coefficient (Wildman–Crippen LogP) is 5.21. The number of ether oxygens (including phenoxy) is 2. The Bertz CT molecular complexity index is 1520. The van der Waals surface area contributed by atoms with E-state index < -0.39 is 34.7 Å². The van der Waals surface area contributed by atoms with Crippen LogP contribution in [-0.2, 0) is 17.9 Å². The molecule has 4 rings (SSSR count). The number of benzene rings is 2. The monoisotopic (exact) mass is 499 g/mol. The van der Waals surface area contributed by atoms with Crippen LogP contribution in [-0.4, -0.2) is 20.8 Å². The van der Waals surface area contributed by atoms with E-state index in [0.717, 1.165) is 12.1 Å². The maximum absolute atomic E-state index is 14.5. The van der Waals surface area contributed by atoms with E-state index >= 15 is 0 Å². The summed E-state index contributed by atoms with van der Waals surface area (Å²) >= 11 is 0. The number of fused-ring (bicyclic) bond motifs is 1. The number of rotatable bonds is 5. The standard InChI is InChI=1S/C26H24F3N3O4/c1-26(2,3)36-25(34)32-19(13-31-8-4-5-21(30)24(31)33)10-16-9-18(28)12-22(23(16)32)35-14-15-6-7-17(27)11-20(15)29/h4-12H,13-14,30H2,1-3H3. The molecule has 0 aliphatic rings. The molecule has 0 atom stereocenters. The molecule has 0 aliphatic heterocycles. The number of carbonyl (C=O) groups excluding carboxylic acids is 1. The lowest BCUT2D eigenvalue weighted by Crippen LogP contribution is -2.29. The predicted molar refractivity (Wildman–Crippen MR) is 128 cm³/mol. The minimum absolute atomic E-state index is 0.0221. The van der Waals surface area contributed by atoms with Gasteiger partial charge < -0.3 is 19.8 Å². The summed E-state index contributed by atoms with van der Waals surface area (Å²) in [6.07, 6.45) is 0.722. The fraction of sp³-hybridized carbons (Fsp3) is 0.231. The molecule has 0 radical (unpaired) electrons. The van der Waals surface area contributed by atoms with E-state index in [4.69, 9.17) is 15.2 Å². The van der Waals surface area contributed by atoms with Crippen LogP contribution in [0, 0.1) is 17.5 Å². The van der Waals surface area contributed by atoms with Crippen molar-refractivity contribution >= 4 is 22.7 Å². The van der Waals surface area contributed by atoms with Crippen LogP contribution in [0.2, 0.25) is 0 Å². The first-order chi connectivity index (χ1) is 16.9. The van der Waals surface area contributed by atoms with Crippen molar-refractivity contribution in [1.82, 2.24) is 9.13 Å². The van der Waals surface area contributed by atoms with E-state index in [2.05, 4.69) is 0 Å². The zero-order chi connectivity index (χ0) is 26.2. The second-order valence-corrected chi connectivity index (χ2v) is 9.21. The van der Waals surface area contributed by atoms with Crippen molar-refractivity contribution in [3.63, 3.8) is 0 Å². The molecule has 2 heterocycles. The van der Waals surface area contributed by atoms with Gasteiger partial charge in [-0.1, -0.05) is 0 Å². The number of nitrogen functional groups attached to an aromatic ring is 1. The Hall–Kier alpha value is -4.21. The van der Waals surface area contributed by atoms with Crippen LogP contribution in [0.25, 0.3) is 10.9 Å². The number of anilines is 1. The van der Waals surface area contributed by atoms with Crippen molar-refractivity contribution in [2.24, 2.45) is 0 Å². The number of hydrogen-bond acceptors (Lipinski definition) is 5. The molecule has 0 spiro atoms. The van der Waals surface area contributed by atoms with Gasteiger partial charge in [-0.25, -0.2) is 22.5 Å². The summed E-state index contributed by atoms with van der Waals surface area (Å²) in [5, 5.41) is 0.294. The number of aromatic nitrogens is 2. The van der Waals surface area contributed by atoms with Crippen LogP contribution in [0.15, 0.2) is 59.5 Å². The Morgan fingerprint density at radius 2 is 1.78 bits per heavy atom. The molecule has 0 saturated carbocycles. The minimum atomic E-state index is -0.864. The van der Waals surface area contributed by atoms with E-state index in [1.165, 1.54) is 39.6 Å². The van der Waals surface area contributed by atoms with Gasteiger partial charge in [-0.3, -0.25) is 4.79 Å². The molecule has 0 amide bonds. The summed E-state index contributed by atoms with van der Waals surface area (Å²) in [6.45, 7) is 4.63. The Labute approximate surface area is 204 Å². The molecule has 10 heteroatoms. The first-order valence-electron chi connectivity index (χ1n) is 11.0. The highest BCUT2D eigenvalue weighted by Crippen LogP contribution is 2.32. The van der Waals surface area contributed by atoms with Crippen molar-refractivity contribution in [3.8, 4) is 5.75 Å². The topological polar surface area (TPSA) is 88.5 Å². The Morgan fingerprint density at radius 1 is 1.03 bits per heavy atom. The van der Waals surface area contributed by atoms with Crippen LogP contribution in [0.5, 0.6) is 5.75 Å². The smallest absolute Gasteiger partial charge is 0.419 e. The van der Waals surface area contributed by atoms with Crippen LogP contribution >= 0.6 is 0 Å².